The maximum Gasteiger partial charge on any atom is 0.419 e. The molecule has 3 aromatic carbocycles. The summed E-state index contributed by atoms with van der Waals surface area (Å²) in [6.45, 7) is 1.77. The number of aromatic amines is 1. The Bertz CT molecular complexity index is 1350. The zero-order chi connectivity index (χ0) is 23.6. The Hall–Kier alpha value is -3.19. The molecule has 2 heterocycles. The maximum absolute atomic E-state index is 14.2. The van der Waals surface area contributed by atoms with E-state index in [0.29, 0.717) is 5.82 Å². The van der Waals surface area contributed by atoms with Gasteiger partial charge >= 0.3 is 6.18 Å². The quantitative estimate of drug-likeness (QED) is 0.342. The van der Waals surface area contributed by atoms with Gasteiger partial charge in [-0.2, -0.15) is 13.2 Å². The molecule has 1 saturated carbocycles. The average Bonchev–Trinajstić information content (AvgIpc) is 3.26. The van der Waals surface area contributed by atoms with Gasteiger partial charge in [0.1, 0.15) is 11.6 Å². The lowest BCUT2D eigenvalue weighted by Gasteiger charge is -2.29. The number of alkyl halides is 3. The molecule has 1 atom stereocenters. The molecular weight excluding hydrogens is 442 g/mol. The number of hydrogen-bond donors (Lipinski definition) is 2. The number of aromatic nitrogens is 2. The summed E-state index contributed by atoms with van der Waals surface area (Å²) >= 11 is 0. The standard InChI is InChI=1S/C27H23F4N3/c28-21-15-23-22(14-20(21)27(29,30)31)33-24(34-23)26(16-25(26)10-12-32-13-11-25)19-8-6-18(7-9-19)17-4-2-1-3-5-17/h1-9,14-15,32H,10-13,16H2,(H,33,34). The molecule has 0 amide bonds. The minimum atomic E-state index is -4.76. The van der Waals surface area contributed by atoms with Gasteiger partial charge in [-0.05, 0) is 60.5 Å². The first-order valence-electron chi connectivity index (χ1n) is 11.5. The van der Waals surface area contributed by atoms with Crippen LogP contribution in [-0.4, -0.2) is 23.1 Å². The summed E-state index contributed by atoms with van der Waals surface area (Å²) in [6, 6.07) is 20.2. The van der Waals surface area contributed by atoms with E-state index in [0.717, 1.165) is 61.2 Å². The maximum atomic E-state index is 14.2. The van der Waals surface area contributed by atoms with Crippen LogP contribution in [0.4, 0.5) is 17.6 Å². The molecule has 1 aliphatic heterocycles. The van der Waals surface area contributed by atoms with Crippen molar-refractivity contribution in [3.05, 3.63) is 89.5 Å². The van der Waals surface area contributed by atoms with Crippen molar-refractivity contribution < 1.29 is 17.6 Å². The largest absolute Gasteiger partial charge is 0.419 e. The van der Waals surface area contributed by atoms with E-state index in [-0.39, 0.29) is 16.4 Å². The Balaban J connectivity index is 1.47. The first-order chi connectivity index (χ1) is 16.3. The van der Waals surface area contributed by atoms with Crippen LogP contribution in [0.3, 0.4) is 0 Å². The van der Waals surface area contributed by atoms with Crippen LogP contribution in [0.15, 0.2) is 66.7 Å². The Labute approximate surface area is 194 Å². The van der Waals surface area contributed by atoms with Crippen LogP contribution in [0.5, 0.6) is 0 Å². The molecule has 7 heteroatoms. The summed E-state index contributed by atoms with van der Waals surface area (Å²) in [6.07, 6.45) is -2.00. The molecule has 174 valence electrons. The fourth-order valence-electron chi connectivity index (χ4n) is 5.88. The van der Waals surface area contributed by atoms with E-state index in [9.17, 15) is 17.6 Å². The summed E-state index contributed by atoms with van der Waals surface area (Å²) < 4.78 is 54.1. The zero-order valence-electron chi connectivity index (χ0n) is 18.3. The highest BCUT2D eigenvalue weighted by atomic mass is 19.4. The number of piperidine rings is 1. The van der Waals surface area contributed by atoms with E-state index in [4.69, 9.17) is 0 Å². The first-order valence-corrected chi connectivity index (χ1v) is 11.5. The highest BCUT2D eigenvalue weighted by Crippen LogP contribution is 2.71. The smallest absolute Gasteiger partial charge is 0.341 e. The van der Waals surface area contributed by atoms with Crippen molar-refractivity contribution in [2.45, 2.75) is 30.9 Å². The number of hydrogen-bond acceptors (Lipinski definition) is 2. The number of imidazole rings is 1. The van der Waals surface area contributed by atoms with Crippen LogP contribution < -0.4 is 5.32 Å². The van der Waals surface area contributed by atoms with Gasteiger partial charge in [0.05, 0.1) is 22.0 Å². The summed E-state index contributed by atoms with van der Waals surface area (Å²) in [5.41, 5.74) is 2.00. The van der Waals surface area contributed by atoms with E-state index in [1.54, 1.807) is 0 Å². The molecule has 1 aliphatic carbocycles. The molecule has 2 N–H and O–H groups in total. The lowest BCUT2D eigenvalue weighted by Crippen LogP contribution is -2.34. The topological polar surface area (TPSA) is 40.7 Å². The molecule has 1 unspecified atom stereocenters. The Morgan fingerprint density at radius 2 is 1.53 bits per heavy atom. The van der Waals surface area contributed by atoms with Gasteiger partial charge in [-0.1, -0.05) is 54.6 Å². The average molecular weight is 465 g/mol. The van der Waals surface area contributed by atoms with Crippen molar-refractivity contribution in [3.8, 4) is 11.1 Å². The summed E-state index contributed by atoms with van der Waals surface area (Å²) in [5.74, 6) is -0.678. The molecule has 6 rings (SSSR count). The fourth-order valence-corrected chi connectivity index (χ4v) is 5.88. The third kappa shape index (κ3) is 3.17. The predicted molar refractivity (Wildman–Crippen MR) is 123 cm³/mol. The van der Waals surface area contributed by atoms with Gasteiger partial charge in [-0.25, -0.2) is 9.37 Å². The first kappa shape index (κ1) is 21.4. The Morgan fingerprint density at radius 3 is 2.21 bits per heavy atom. The molecule has 0 radical (unpaired) electrons. The predicted octanol–water partition coefficient (Wildman–Crippen LogP) is 6.45. The van der Waals surface area contributed by atoms with E-state index >= 15 is 0 Å². The van der Waals surface area contributed by atoms with E-state index < -0.39 is 23.0 Å². The summed E-state index contributed by atoms with van der Waals surface area (Å²) in [4.78, 5) is 7.81. The normalized spacial score (nSPS) is 21.8. The third-order valence-corrected chi connectivity index (χ3v) is 7.71. The van der Waals surface area contributed by atoms with Gasteiger partial charge < -0.3 is 10.3 Å². The fraction of sp³-hybridized carbons (Fsp3) is 0.296. The van der Waals surface area contributed by atoms with E-state index in [1.807, 2.05) is 18.2 Å². The molecule has 1 aromatic heterocycles. The SMILES string of the molecule is Fc1cc2nc(C3(c4ccc(-c5ccccc5)cc4)CC34CCNCC4)[nH]c2cc1C(F)(F)F. The van der Waals surface area contributed by atoms with Crippen molar-refractivity contribution in [1.82, 2.24) is 15.3 Å². The van der Waals surface area contributed by atoms with Crippen molar-refractivity contribution in [2.75, 3.05) is 13.1 Å². The van der Waals surface area contributed by atoms with Gasteiger partial charge in [0.15, 0.2) is 0 Å². The van der Waals surface area contributed by atoms with Crippen LogP contribution in [0.25, 0.3) is 22.2 Å². The molecule has 0 bridgehead atoms. The molecule has 1 saturated heterocycles. The highest BCUT2D eigenvalue weighted by molar-refractivity contribution is 5.77. The molecule has 1 spiro atoms. The summed E-state index contributed by atoms with van der Waals surface area (Å²) in [7, 11) is 0. The number of H-pyrrole nitrogens is 1. The number of rotatable bonds is 3. The van der Waals surface area contributed by atoms with Gasteiger partial charge in [0.2, 0.25) is 0 Å². The second-order valence-electron chi connectivity index (χ2n) is 9.49. The number of nitrogens with one attached hydrogen (secondary N) is 2. The van der Waals surface area contributed by atoms with Crippen LogP contribution in [0.2, 0.25) is 0 Å². The lowest BCUT2D eigenvalue weighted by molar-refractivity contribution is -0.139. The minimum Gasteiger partial charge on any atom is -0.341 e. The molecule has 2 aliphatic rings. The number of fused-ring (bicyclic) bond motifs is 1. The lowest BCUT2D eigenvalue weighted by atomic mass is 9.79. The van der Waals surface area contributed by atoms with Crippen molar-refractivity contribution in [3.63, 3.8) is 0 Å². The van der Waals surface area contributed by atoms with Crippen molar-refractivity contribution >= 4 is 11.0 Å². The van der Waals surface area contributed by atoms with E-state index in [1.165, 1.54) is 0 Å². The van der Waals surface area contributed by atoms with Crippen molar-refractivity contribution in [1.29, 1.82) is 0 Å². The second-order valence-corrected chi connectivity index (χ2v) is 9.49. The summed E-state index contributed by atoms with van der Waals surface area (Å²) in [5, 5.41) is 3.40. The number of halogens is 4. The van der Waals surface area contributed by atoms with Gasteiger partial charge in [0, 0.05) is 6.07 Å². The molecular formula is C27H23F4N3. The van der Waals surface area contributed by atoms with Crippen molar-refractivity contribution in [2.24, 2.45) is 5.41 Å². The minimum absolute atomic E-state index is 0.0220. The zero-order valence-corrected chi connectivity index (χ0v) is 18.3. The van der Waals surface area contributed by atoms with Gasteiger partial charge in [0.25, 0.3) is 0 Å². The highest BCUT2D eigenvalue weighted by Gasteiger charge is 2.69. The molecule has 4 aromatic rings. The Kier molecular flexibility index (Phi) is 4.65. The number of nitrogens with zero attached hydrogens (tertiary/aromatic N) is 1. The van der Waals surface area contributed by atoms with Gasteiger partial charge in [-0.15, -0.1) is 0 Å². The van der Waals surface area contributed by atoms with Crippen LogP contribution in [0.1, 0.15) is 36.2 Å². The van der Waals surface area contributed by atoms with E-state index in [2.05, 4.69) is 51.7 Å². The molecule has 34 heavy (non-hydrogen) atoms. The van der Waals surface area contributed by atoms with Crippen LogP contribution in [-0.2, 0) is 11.6 Å². The van der Waals surface area contributed by atoms with Gasteiger partial charge in [-0.3, -0.25) is 0 Å². The van der Waals surface area contributed by atoms with Crippen LogP contribution in [0, 0.1) is 11.2 Å². The third-order valence-electron chi connectivity index (χ3n) is 7.71. The monoisotopic (exact) mass is 465 g/mol. The molecule has 2 fully saturated rings. The van der Waals surface area contributed by atoms with Crippen LogP contribution >= 0.6 is 0 Å². The number of benzene rings is 3. The molecule has 3 nitrogen and oxygen atoms in total. The Morgan fingerprint density at radius 1 is 0.853 bits per heavy atom. The second kappa shape index (κ2) is 7.40.